The third-order valence-electron chi connectivity index (χ3n) is 2.56. The average Bonchev–Trinajstić information content (AvgIpc) is 2.85. The summed E-state index contributed by atoms with van der Waals surface area (Å²) in [6.07, 6.45) is 0. The predicted molar refractivity (Wildman–Crippen MR) is 76.0 cm³/mol. The van der Waals surface area contributed by atoms with Gasteiger partial charge in [0, 0.05) is 10.3 Å². The maximum Gasteiger partial charge on any atom is 0.335 e. The molecule has 0 bridgehead atoms. The van der Waals surface area contributed by atoms with Gasteiger partial charge in [-0.25, -0.2) is 4.79 Å². The van der Waals surface area contributed by atoms with Crippen LogP contribution in [0.25, 0.3) is 0 Å². The van der Waals surface area contributed by atoms with Crippen LogP contribution in [0.5, 0.6) is 0 Å². The zero-order valence-electron chi connectivity index (χ0n) is 11.6. The summed E-state index contributed by atoms with van der Waals surface area (Å²) in [6.45, 7) is 6.02. The number of hydrogen-bond donors (Lipinski definition) is 1. The zero-order valence-corrected chi connectivity index (χ0v) is 12.4. The molecule has 6 heteroatoms. The van der Waals surface area contributed by atoms with Crippen molar-refractivity contribution in [1.29, 1.82) is 0 Å². The Kier molecular flexibility index (Phi) is 4.13. The van der Waals surface area contributed by atoms with Crippen molar-refractivity contribution in [3.8, 4) is 0 Å². The standard InChI is InChI=1S/C14H16N2O3S/c1-14(2,3)13-15-11(16-19-13)8-20-10-6-4-5-9(7-10)12(17)18/h4-7H,8H2,1-3H3,(H,17,18). The molecule has 0 radical (unpaired) electrons. The SMILES string of the molecule is CC(C)(C)c1nc(CSc2cccc(C(=O)O)c2)no1. The van der Waals surface area contributed by atoms with E-state index in [0.717, 1.165) is 4.90 Å². The minimum Gasteiger partial charge on any atom is -0.478 e. The van der Waals surface area contributed by atoms with Gasteiger partial charge < -0.3 is 9.63 Å². The molecule has 0 spiro atoms. The van der Waals surface area contributed by atoms with Gasteiger partial charge in [-0.3, -0.25) is 0 Å². The zero-order chi connectivity index (χ0) is 14.8. The lowest BCUT2D eigenvalue weighted by Crippen LogP contribution is -2.11. The summed E-state index contributed by atoms with van der Waals surface area (Å²) in [5, 5.41) is 12.9. The summed E-state index contributed by atoms with van der Waals surface area (Å²) in [4.78, 5) is 16.1. The number of benzene rings is 1. The monoisotopic (exact) mass is 292 g/mol. The highest BCUT2D eigenvalue weighted by Crippen LogP contribution is 2.25. The Bertz CT molecular complexity index is 617. The maximum atomic E-state index is 10.9. The number of hydrogen-bond acceptors (Lipinski definition) is 5. The van der Waals surface area contributed by atoms with Crippen molar-refractivity contribution in [3.63, 3.8) is 0 Å². The highest BCUT2D eigenvalue weighted by molar-refractivity contribution is 7.98. The second-order valence-corrected chi connectivity index (χ2v) is 6.44. The van der Waals surface area contributed by atoms with Gasteiger partial charge in [0.25, 0.3) is 0 Å². The molecule has 1 heterocycles. The second-order valence-electron chi connectivity index (χ2n) is 5.39. The summed E-state index contributed by atoms with van der Waals surface area (Å²) in [5.41, 5.74) is 0.109. The Labute approximate surface area is 121 Å². The summed E-state index contributed by atoms with van der Waals surface area (Å²) in [6, 6.07) is 6.79. The average molecular weight is 292 g/mol. The van der Waals surface area contributed by atoms with Gasteiger partial charge in [0.2, 0.25) is 5.89 Å². The molecule has 0 fully saturated rings. The van der Waals surface area contributed by atoms with Crippen LogP contribution in [0.15, 0.2) is 33.7 Å². The van der Waals surface area contributed by atoms with Crippen LogP contribution in [0.4, 0.5) is 0 Å². The molecule has 0 aliphatic rings. The predicted octanol–water partition coefficient (Wildman–Crippen LogP) is 3.36. The lowest BCUT2D eigenvalue weighted by Gasteiger charge is -2.10. The highest BCUT2D eigenvalue weighted by atomic mass is 32.2. The molecule has 0 atom stereocenters. The topological polar surface area (TPSA) is 76.2 Å². The van der Waals surface area contributed by atoms with E-state index >= 15 is 0 Å². The molecule has 20 heavy (non-hydrogen) atoms. The molecule has 0 saturated carbocycles. The van der Waals surface area contributed by atoms with Gasteiger partial charge in [0.05, 0.1) is 11.3 Å². The maximum absolute atomic E-state index is 10.9. The molecule has 106 valence electrons. The molecule has 2 aromatic rings. The van der Waals surface area contributed by atoms with Gasteiger partial charge in [-0.2, -0.15) is 4.98 Å². The minimum atomic E-state index is -0.929. The first-order chi connectivity index (χ1) is 9.36. The van der Waals surface area contributed by atoms with Crippen LogP contribution in [-0.2, 0) is 11.2 Å². The van der Waals surface area contributed by atoms with Gasteiger partial charge in [-0.05, 0) is 18.2 Å². The second kappa shape index (κ2) is 5.66. The van der Waals surface area contributed by atoms with Crippen LogP contribution in [0, 0.1) is 0 Å². The van der Waals surface area contributed by atoms with E-state index in [-0.39, 0.29) is 11.0 Å². The lowest BCUT2D eigenvalue weighted by molar-refractivity contribution is 0.0696. The number of carboxylic acids is 1. The van der Waals surface area contributed by atoms with E-state index in [1.807, 2.05) is 26.8 Å². The normalized spacial score (nSPS) is 11.6. The number of thioether (sulfide) groups is 1. The first kappa shape index (κ1) is 14.6. The molecular formula is C14H16N2O3S. The Morgan fingerprint density at radius 3 is 2.75 bits per heavy atom. The number of carbonyl (C=O) groups is 1. The van der Waals surface area contributed by atoms with Gasteiger partial charge in [-0.1, -0.05) is 32.0 Å². The highest BCUT2D eigenvalue weighted by Gasteiger charge is 2.21. The van der Waals surface area contributed by atoms with E-state index in [9.17, 15) is 4.79 Å². The Hall–Kier alpha value is -1.82. The van der Waals surface area contributed by atoms with E-state index in [1.54, 1.807) is 18.2 Å². The Balaban J connectivity index is 2.04. The molecule has 5 nitrogen and oxygen atoms in total. The number of aromatic carboxylic acids is 1. The first-order valence-corrected chi connectivity index (χ1v) is 7.14. The van der Waals surface area contributed by atoms with Crippen LogP contribution >= 0.6 is 11.8 Å². The van der Waals surface area contributed by atoms with Crippen molar-refractivity contribution in [1.82, 2.24) is 10.1 Å². The van der Waals surface area contributed by atoms with Crippen LogP contribution in [0.1, 0.15) is 42.8 Å². The summed E-state index contributed by atoms with van der Waals surface area (Å²) < 4.78 is 5.21. The fourth-order valence-corrected chi connectivity index (χ4v) is 2.28. The summed E-state index contributed by atoms with van der Waals surface area (Å²) in [7, 11) is 0. The van der Waals surface area contributed by atoms with Gasteiger partial charge in [0.1, 0.15) is 0 Å². The third kappa shape index (κ3) is 3.60. The van der Waals surface area contributed by atoms with Gasteiger partial charge >= 0.3 is 5.97 Å². The fourth-order valence-electron chi connectivity index (χ4n) is 1.48. The van der Waals surface area contributed by atoms with Crippen molar-refractivity contribution in [2.75, 3.05) is 0 Å². The smallest absolute Gasteiger partial charge is 0.335 e. The van der Waals surface area contributed by atoms with Crippen molar-refractivity contribution in [2.45, 2.75) is 36.8 Å². The van der Waals surface area contributed by atoms with Gasteiger partial charge in [-0.15, -0.1) is 11.8 Å². The molecule has 0 aliphatic heterocycles. The number of nitrogens with zero attached hydrogens (tertiary/aromatic N) is 2. The van der Waals surface area contributed by atoms with E-state index in [2.05, 4.69) is 10.1 Å². The quantitative estimate of drug-likeness (QED) is 0.871. The minimum absolute atomic E-state index is 0.168. The van der Waals surface area contributed by atoms with Crippen LogP contribution < -0.4 is 0 Å². The van der Waals surface area contributed by atoms with Gasteiger partial charge in [0.15, 0.2) is 5.82 Å². The van der Waals surface area contributed by atoms with Crippen LogP contribution in [0.3, 0.4) is 0 Å². The molecule has 0 unspecified atom stereocenters. The fraction of sp³-hybridized carbons (Fsp3) is 0.357. The summed E-state index contributed by atoms with van der Waals surface area (Å²) >= 11 is 1.48. The number of carboxylic acid groups (broad SMARTS) is 1. The molecule has 2 rings (SSSR count). The van der Waals surface area contributed by atoms with Crippen LogP contribution in [0.2, 0.25) is 0 Å². The Morgan fingerprint density at radius 2 is 2.15 bits per heavy atom. The van der Waals surface area contributed by atoms with Crippen molar-refractivity contribution in [2.24, 2.45) is 0 Å². The number of rotatable bonds is 4. The molecule has 1 N–H and O–H groups in total. The third-order valence-corrected chi connectivity index (χ3v) is 3.55. The lowest BCUT2D eigenvalue weighted by atomic mass is 9.97. The van der Waals surface area contributed by atoms with Crippen molar-refractivity contribution < 1.29 is 14.4 Å². The van der Waals surface area contributed by atoms with Crippen molar-refractivity contribution in [3.05, 3.63) is 41.5 Å². The molecule has 1 aromatic heterocycles. The van der Waals surface area contributed by atoms with Crippen LogP contribution in [-0.4, -0.2) is 21.2 Å². The summed E-state index contributed by atoms with van der Waals surface area (Å²) in [5.74, 6) is 0.831. The molecular weight excluding hydrogens is 276 g/mol. The number of aromatic nitrogens is 2. The molecule has 0 saturated heterocycles. The first-order valence-electron chi connectivity index (χ1n) is 6.15. The van der Waals surface area contributed by atoms with Crippen molar-refractivity contribution >= 4 is 17.7 Å². The molecule has 1 aromatic carbocycles. The van der Waals surface area contributed by atoms with E-state index < -0.39 is 5.97 Å². The van der Waals surface area contributed by atoms with E-state index in [0.29, 0.717) is 17.5 Å². The Morgan fingerprint density at radius 1 is 1.40 bits per heavy atom. The molecule has 0 amide bonds. The largest absolute Gasteiger partial charge is 0.478 e. The molecule has 0 aliphatic carbocycles. The van der Waals surface area contributed by atoms with E-state index in [1.165, 1.54) is 11.8 Å². The van der Waals surface area contributed by atoms with E-state index in [4.69, 9.17) is 9.63 Å².